The summed E-state index contributed by atoms with van der Waals surface area (Å²) in [6.07, 6.45) is 1.24. The summed E-state index contributed by atoms with van der Waals surface area (Å²) in [5.74, 6) is -1.07. The van der Waals surface area contributed by atoms with E-state index in [0.717, 1.165) is 0 Å². The molecule has 8 heteroatoms. The maximum Gasteiger partial charge on any atom is 0.310 e. The summed E-state index contributed by atoms with van der Waals surface area (Å²) in [7, 11) is -0.850. The largest absolute Gasteiger partial charge is 0.469 e. The summed E-state index contributed by atoms with van der Waals surface area (Å²) < 4.78 is 36.2. The molecule has 0 amide bonds. The van der Waals surface area contributed by atoms with Gasteiger partial charge in [-0.25, -0.2) is 13.1 Å². The Morgan fingerprint density at radius 3 is 2.70 bits per heavy atom. The Morgan fingerprint density at radius 2 is 2.10 bits per heavy atom. The Bertz CT molecular complexity index is 410. The number of sulfonamides is 1. The summed E-state index contributed by atoms with van der Waals surface area (Å²) in [6.45, 7) is 0.285. The molecule has 3 unspecified atom stereocenters. The number of hydrogen-bond donors (Lipinski definition) is 2. The number of carbonyl (C=O) groups is 1. The van der Waals surface area contributed by atoms with Gasteiger partial charge in [-0.2, -0.15) is 0 Å². The van der Waals surface area contributed by atoms with Crippen LogP contribution in [0, 0.1) is 5.92 Å². The van der Waals surface area contributed by atoms with Crippen LogP contribution in [0.2, 0.25) is 0 Å². The van der Waals surface area contributed by atoms with Crippen molar-refractivity contribution in [2.24, 2.45) is 5.92 Å². The highest BCUT2D eigenvalue weighted by Gasteiger charge is 2.41. The minimum Gasteiger partial charge on any atom is -0.469 e. The van der Waals surface area contributed by atoms with Crippen molar-refractivity contribution >= 4 is 16.0 Å². The van der Waals surface area contributed by atoms with E-state index in [-0.39, 0.29) is 19.6 Å². The Balaban J connectivity index is 2.53. The fourth-order valence-corrected chi connectivity index (χ4v) is 4.24. The molecule has 1 aliphatic carbocycles. The summed E-state index contributed by atoms with van der Waals surface area (Å²) in [4.78, 5) is 11.6. The van der Waals surface area contributed by atoms with Crippen LogP contribution in [0.1, 0.15) is 25.7 Å². The van der Waals surface area contributed by atoms with Gasteiger partial charge in [-0.15, -0.1) is 0 Å². The van der Waals surface area contributed by atoms with Crippen molar-refractivity contribution in [3.05, 3.63) is 0 Å². The zero-order chi connectivity index (χ0) is 15.2. The van der Waals surface area contributed by atoms with Gasteiger partial charge >= 0.3 is 5.97 Å². The smallest absolute Gasteiger partial charge is 0.310 e. The summed E-state index contributed by atoms with van der Waals surface area (Å²) in [5, 5.41) is 8.71. The molecule has 20 heavy (non-hydrogen) atoms. The van der Waals surface area contributed by atoms with Crippen LogP contribution in [0.5, 0.6) is 0 Å². The first-order valence-electron chi connectivity index (χ1n) is 6.65. The standard InChI is InChI=1S/C12H23NO6S/c1-18-8-9(14)6-7-13-20(16,17)11-5-3-4-10(11)12(15)19-2/h9-11,13-14H,3-8H2,1-2H3. The first kappa shape index (κ1) is 17.4. The Labute approximate surface area is 119 Å². The van der Waals surface area contributed by atoms with Gasteiger partial charge in [0.15, 0.2) is 0 Å². The first-order chi connectivity index (χ1) is 9.42. The van der Waals surface area contributed by atoms with Crippen LogP contribution in [-0.2, 0) is 24.3 Å². The van der Waals surface area contributed by atoms with Crippen molar-refractivity contribution in [1.82, 2.24) is 4.72 Å². The van der Waals surface area contributed by atoms with Gasteiger partial charge in [-0.3, -0.25) is 4.79 Å². The number of aliphatic hydroxyl groups is 1. The fraction of sp³-hybridized carbons (Fsp3) is 0.917. The molecule has 2 N–H and O–H groups in total. The van der Waals surface area contributed by atoms with E-state index in [1.54, 1.807) is 0 Å². The highest BCUT2D eigenvalue weighted by Crippen LogP contribution is 2.31. The molecule has 0 radical (unpaired) electrons. The predicted octanol–water partition coefficient (Wildman–Crippen LogP) is -0.355. The zero-order valence-corrected chi connectivity index (χ0v) is 12.7. The van der Waals surface area contributed by atoms with Crippen molar-refractivity contribution in [3.8, 4) is 0 Å². The second-order valence-corrected chi connectivity index (χ2v) is 6.92. The lowest BCUT2D eigenvalue weighted by Gasteiger charge is -2.19. The van der Waals surface area contributed by atoms with Crippen LogP contribution < -0.4 is 4.72 Å². The predicted molar refractivity (Wildman–Crippen MR) is 72.6 cm³/mol. The van der Waals surface area contributed by atoms with E-state index in [9.17, 15) is 18.3 Å². The van der Waals surface area contributed by atoms with Crippen LogP contribution in [0.4, 0.5) is 0 Å². The van der Waals surface area contributed by atoms with Gasteiger partial charge in [-0.05, 0) is 19.3 Å². The van der Waals surface area contributed by atoms with E-state index in [2.05, 4.69) is 9.46 Å². The molecular formula is C12H23NO6S. The molecule has 0 aromatic carbocycles. The molecule has 1 aliphatic rings. The van der Waals surface area contributed by atoms with Gasteiger partial charge in [0.1, 0.15) is 0 Å². The van der Waals surface area contributed by atoms with Crippen molar-refractivity contribution in [2.75, 3.05) is 27.4 Å². The number of aliphatic hydroxyl groups excluding tert-OH is 1. The monoisotopic (exact) mass is 309 g/mol. The van der Waals surface area contributed by atoms with Crippen LogP contribution in [-0.4, -0.2) is 58.2 Å². The number of hydrogen-bond acceptors (Lipinski definition) is 6. The summed E-state index contributed by atoms with van der Waals surface area (Å²) >= 11 is 0. The van der Waals surface area contributed by atoms with Gasteiger partial charge in [0.25, 0.3) is 0 Å². The molecule has 1 fully saturated rings. The number of esters is 1. The van der Waals surface area contributed by atoms with Crippen LogP contribution >= 0.6 is 0 Å². The lowest BCUT2D eigenvalue weighted by molar-refractivity contribution is -0.145. The Kier molecular flexibility index (Phi) is 6.87. The van der Waals surface area contributed by atoms with Gasteiger partial charge in [0, 0.05) is 13.7 Å². The average molecular weight is 309 g/mol. The minimum absolute atomic E-state index is 0.122. The molecule has 3 atom stereocenters. The molecule has 0 saturated heterocycles. The lowest BCUT2D eigenvalue weighted by Crippen LogP contribution is -2.40. The second kappa shape index (κ2) is 7.92. The third-order valence-electron chi connectivity index (χ3n) is 3.49. The number of rotatable bonds is 8. The van der Waals surface area contributed by atoms with Gasteiger partial charge in [-0.1, -0.05) is 6.42 Å². The van der Waals surface area contributed by atoms with Crippen LogP contribution in [0.3, 0.4) is 0 Å². The van der Waals surface area contributed by atoms with Crippen LogP contribution in [0.15, 0.2) is 0 Å². The van der Waals surface area contributed by atoms with E-state index < -0.39 is 33.3 Å². The van der Waals surface area contributed by atoms with E-state index in [1.807, 2.05) is 0 Å². The molecule has 0 bridgehead atoms. The topological polar surface area (TPSA) is 102 Å². The number of methoxy groups -OCH3 is 2. The molecule has 7 nitrogen and oxygen atoms in total. The summed E-state index contributed by atoms with van der Waals surface area (Å²) in [5.41, 5.74) is 0. The average Bonchev–Trinajstić information content (AvgIpc) is 2.88. The maximum absolute atomic E-state index is 12.2. The molecule has 0 aromatic heterocycles. The quantitative estimate of drug-likeness (QED) is 0.594. The Hall–Kier alpha value is -0.700. The number of carbonyl (C=O) groups excluding carboxylic acids is 1. The molecule has 1 saturated carbocycles. The maximum atomic E-state index is 12.2. The van der Waals surface area contributed by atoms with Crippen LogP contribution in [0.25, 0.3) is 0 Å². The number of ether oxygens (including phenoxy) is 2. The van der Waals surface area contributed by atoms with E-state index in [1.165, 1.54) is 14.2 Å². The van der Waals surface area contributed by atoms with Crippen molar-refractivity contribution in [1.29, 1.82) is 0 Å². The lowest BCUT2D eigenvalue weighted by atomic mass is 10.1. The van der Waals surface area contributed by atoms with Crippen molar-refractivity contribution < 1.29 is 27.8 Å². The van der Waals surface area contributed by atoms with Crippen molar-refractivity contribution in [3.63, 3.8) is 0 Å². The second-order valence-electron chi connectivity index (χ2n) is 4.94. The molecule has 0 aromatic rings. The third kappa shape index (κ3) is 4.69. The third-order valence-corrected chi connectivity index (χ3v) is 5.46. The number of nitrogens with one attached hydrogen (secondary N) is 1. The molecular weight excluding hydrogens is 286 g/mol. The molecule has 118 valence electrons. The normalized spacial score (nSPS) is 24.6. The minimum atomic E-state index is -3.58. The molecule has 0 aliphatic heterocycles. The van der Waals surface area contributed by atoms with E-state index in [4.69, 9.17) is 4.74 Å². The first-order valence-corrected chi connectivity index (χ1v) is 8.20. The summed E-state index contributed by atoms with van der Waals surface area (Å²) in [6, 6.07) is 0. The molecule has 0 heterocycles. The van der Waals surface area contributed by atoms with Gasteiger partial charge in [0.05, 0.1) is 31.0 Å². The SMILES string of the molecule is COCC(O)CCNS(=O)(=O)C1CCCC1C(=O)OC. The highest BCUT2D eigenvalue weighted by molar-refractivity contribution is 7.90. The Morgan fingerprint density at radius 1 is 1.40 bits per heavy atom. The molecule has 0 spiro atoms. The van der Waals surface area contributed by atoms with Crippen molar-refractivity contribution in [2.45, 2.75) is 37.0 Å². The van der Waals surface area contributed by atoms with E-state index in [0.29, 0.717) is 19.3 Å². The van der Waals surface area contributed by atoms with Gasteiger partial charge < -0.3 is 14.6 Å². The van der Waals surface area contributed by atoms with Gasteiger partial charge in [0.2, 0.25) is 10.0 Å². The fourth-order valence-electron chi connectivity index (χ4n) is 2.47. The molecule has 1 rings (SSSR count). The van der Waals surface area contributed by atoms with E-state index >= 15 is 0 Å². The zero-order valence-electron chi connectivity index (χ0n) is 11.9. The highest BCUT2D eigenvalue weighted by atomic mass is 32.2.